The second-order valence-corrected chi connectivity index (χ2v) is 18.8. The maximum Gasteiger partial charge on any atom is 1.00 e. The SMILES string of the molecule is COc1cc(N=Nc2ccc3cc(S(=O)(=O)[O-])cc(S(=O)(=O)[O-])c3c2)ccc1N=Nc1c(S(=O)(=O)O)cc2ccc(N=Nc3c(C(=O)O)nn(-c4ccc(S(=O)(=O)[O-])cc4)c3O)cc2c1O.[Na+].[Na+].[Na+]. The van der Waals surface area contributed by atoms with Crippen molar-refractivity contribution < 1.29 is 165 Å². The molecule has 69 heavy (non-hydrogen) atoms. The first kappa shape index (κ1) is 56.9. The van der Waals surface area contributed by atoms with Gasteiger partial charge in [-0.1, -0.05) is 12.1 Å². The minimum absolute atomic E-state index is 0. The Labute approximate surface area is 455 Å². The molecule has 0 bridgehead atoms. The number of fused-ring (bicyclic) bond motifs is 2. The molecule has 0 saturated heterocycles. The number of carboxylic acids is 1. The Hall–Kier alpha value is -4.64. The van der Waals surface area contributed by atoms with Crippen molar-refractivity contribution in [1.82, 2.24) is 9.78 Å². The summed E-state index contributed by atoms with van der Waals surface area (Å²) in [7, 11) is -19.1. The van der Waals surface area contributed by atoms with E-state index in [1.807, 2.05) is 0 Å². The van der Waals surface area contributed by atoms with Gasteiger partial charge < -0.3 is 33.7 Å². The smallest absolute Gasteiger partial charge is 0.744 e. The third-order valence-corrected chi connectivity index (χ3v) is 12.5. The molecule has 0 amide bonds. The summed E-state index contributed by atoms with van der Waals surface area (Å²) in [5, 5.41) is 58.9. The van der Waals surface area contributed by atoms with E-state index in [1.54, 1.807) is 0 Å². The summed E-state index contributed by atoms with van der Waals surface area (Å²) in [6.45, 7) is 0. The van der Waals surface area contributed by atoms with Gasteiger partial charge in [-0.05, 0) is 89.6 Å². The number of aromatic hydroxyl groups is 2. The van der Waals surface area contributed by atoms with Crippen molar-refractivity contribution in [2.75, 3.05) is 7.11 Å². The van der Waals surface area contributed by atoms with Gasteiger partial charge in [0.05, 0.1) is 44.5 Å². The molecule has 0 atom stereocenters. The fourth-order valence-electron chi connectivity index (χ4n) is 6.09. The average molecular weight is 1050 g/mol. The van der Waals surface area contributed by atoms with E-state index in [2.05, 4.69) is 35.8 Å². The van der Waals surface area contributed by atoms with Crippen molar-refractivity contribution in [3.63, 3.8) is 0 Å². The Morgan fingerprint density at radius 1 is 0.594 bits per heavy atom. The molecule has 340 valence electrons. The van der Waals surface area contributed by atoms with Crippen LogP contribution in [-0.4, -0.2) is 90.1 Å². The second kappa shape index (κ2) is 21.8. The van der Waals surface area contributed by atoms with E-state index in [0.717, 1.165) is 48.5 Å². The van der Waals surface area contributed by atoms with Gasteiger partial charge in [-0.2, -0.15) is 33.5 Å². The van der Waals surface area contributed by atoms with E-state index in [-0.39, 0.29) is 144 Å². The number of hydrogen-bond acceptors (Lipinski definition) is 22. The first-order chi connectivity index (χ1) is 30.8. The molecule has 32 heteroatoms. The second-order valence-electron chi connectivity index (χ2n) is 13.3. The van der Waals surface area contributed by atoms with Crippen molar-refractivity contribution >= 4 is 102 Å². The van der Waals surface area contributed by atoms with Crippen molar-refractivity contribution in [2.24, 2.45) is 30.7 Å². The maximum atomic E-state index is 12.5. The molecule has 25 nitrogen and oxygen atoms in total. The Bertz CT molecular complexity index is 3760. The van der Waals surface area contributed by atoms with Gasteiger partial charge in [0.15, 0.2) is 11.4 Å². The number of hydrogen-bond donors (Lipinski definition) is 4. The molecule has 0 spiro atoms. The summed E-state index contributed by atoms with van der Waals surface area (Å²) in [6, 6.07) is 17.4. The summed E-state index contributed by atoms with van der Waals surface area (Å²) < 4.78 is 145. The molecule has 0 unspecified atom stereocenters. The summed E-state index contributed by atoms with van der Waals surface area (Å²) >= 11 is 0. The van der Waals surface area contributed by atoms with Crippen LogP contribution in [0.3, 0.4) is 0 Å². The first-order valence-electron chi connectivity index (χ1n) is 17.6. The van der Waals surface area contributed by atoms with Crippen LogP contribution in [0.1, 0.15) is 10.5 Å². The average Bonchev–Trinajstić information content (AvgIpc) is 3.58. The van der Waals surface area contributed by atoms with Crippen LogP contribution in [-0.2, 0) is 40.5 Å². The first-order valence-corrected chi connectivity index (χ1v) is 23.3. The molecule has 0 aliphatic rings. The van der Waals surface area contributed by atoms with Crippen LogP contribution in [0.25, 0.3) is 27.2 Å². The maximum absolute atomic E-state index is 12.5. The molecule has 7 aromatic rings. The zero-order valence-corrected chi connectivity index (χ0v) is 44.8. The Morgan fingerprint density at radius 2 is 1.12 bits per heavy atom. The van der Waals surface area contributed by atoms with Gasteiger partial charge in [0.2, 0.25) is 11.6 Å². The van der Waals surface area contributed by atoms with E-state index in [1.165, 1.54) is 49.6 Å². The molecule has 6 aromatic carbocycles. The number of aromatic nitrogens is 2. The van der Waals surface area contributed by atoms with Crippen LogP contribution in [0.15, 0.2) is 147 Å². The Balaban J connectivity index is 0.00000346. The van der Waals surface area contributed by atoms with Crippen LogP contribution in [0, 0.1) is 0 Å². The van der Waals surface area contributed by atoms with E-state index in [4.69, 9.17) is 4.74 Å². The summed E-state index contributed by atoms with van der Waals surface area (Å²) in [5.74, 6) is -3.40. The van der Waals surface area contributed by atoms with Gasteiger partial charge in [-0.25, -0.2) is 30.0 Å². The Morgan fingerprint density at radius 3 is 1.65 bits per heavy atom. The van der Waals surface area contributed by atoms with Gasteiger partial charge in [0, 0.05) is 16.8 Å². The molecule has 0 fully saturated rings. The number of nitrogens with zero attached hydrogens (tertiary/aromatic N) is 8. The number of methoxy groups -OCH3 is 1. The van der Waals surface area contributed by atoms with E-state index >= 15 is 0 Å². The van der Waals surface area contributed by atoms with Crippen LogP contribution in [0.4, 0.5) is 34.1 Å². The monoisotopic (exact) mass is 1050 g/mol. The molecule has 0 aliphatic heterocycles. The zero-order chi connectivity index (χ0) is 48.1. The van der Waals surface area contributed by atoms with Gasteiger partial charge in [0.1, 0.15) is 52.4 Å². The number of carbonyl (C=O) groups is 1. The minimum Gasteiger partial charge on any atom is -0.744 e. The van der Waals surface area contributed by atoms with Gasteiger partial charge in [-0.15, -0.1) is 15.3 Å². The molecular formula is C37H23N8Na3O17S4. The van der Waals surface area contributed by atoms with E-state index in [9.17, 15) is 72.0 Å². The molecule has 0 aliphatic carbocycles. The van der Waals surface area contributed by atoms with Gasteiger partial charge >= 0.3 is 94.6 Å². The largest absolute Gasteiger partial charge is 1.00 e. The quantitative estimate of drug-likeness (QED) is 0.0527. The van der Waals surface area contributed by atoms with E-state index < -0.39 is 94.7 Å². The standard InChI is InChI=1S/C37H26N8O17S4.3Na/c1-62-29-16-22(39-38-20-4-2-18-12-25(64(53,54)55)17-30(26(18)14-20)65(56,57)58)6-11-28(29)41-42-32-31(66(59,60)61)13-19-3-5-21(15-27(19)35(32)46)40-43-33-34(37(48)49)44-45(36(33)47)23-7-9-24(10-8-23)63(50,51)52;;;/h2-17,46-47H,1H3,(H,48,49)(H,50,51,52)(H,53,54,55)(H,56,57,58)(H,59,60,61);;;/q;3*+1/p-3. The summed E-state index contributed by atoms with van der Waals surface area (Å²) in [4.78, 5) is 8.60. The number of azo groups is 3. The summed E-state index contributed by atoms with van der Waals surface area (Å²) in [5.41, 5.74) is -2.40. The van der Waals surface area contributed by atoms with Crippen molar-refractivity contribution in [2.45, 2.75) is 19.6 Å². The van der Waals surface area contributed by atoms with Gasteiger partial charge in [0.25, 0.3) is 10.1 Å². The van der Waals surface area contributed by atoms with Crippen LogP contribution in [0.2, 0.25) is 0 Å². The third-order valence-electron chi connectivity index (χ3n) is 9.12. The number of rotatable bonds is 13. The summed E-state index contributed by atoms with van der Waals surface area (Å²) in [6.07, 6.45) is 0. The molecule has 0 saturated carbocycles. The fraction of sp³-hybridized carbons (Fsp3) is 0.0270. The van der Waals surface area contributed by atoms with Crippen LogP contribution >= 0.6 is 0 Å². The minimum atomic E-state index is -5.27. The van der Waals surface area contributed by atoms with E-state index in [0.29, 0.717) is 10.7 Å². The predicted octanol–water partition coefficient (Wildman–Crippen LogP) is -2.49. The molecule has 7 rings (SSSR count). The number of ether oxygens (including phenoxy) is 1. The molecular weight excluding hydrogens is 1030 g/mol. The normalized spacial score (nSPS) is 12.3. The number of phenols is 1. The molecule has 1 heterocycles. The van der Waals surface area contributed by atoms with Crippen LogP contribution in [0.5, 0.6) is 17.4 Å². The Kier molecular flexibility index (Phi) is 18.0. The van der Waals surface area contributed by atoms with Crippen molar-refractivity contribution in [1.29, 1.82) is 0 Å². The number of aromatic carboxylic acids is 1. The van der Waals surface area contributed by atoms with Gasteiger partial charge in [-0.3, -0.25) is 4.55 Å². The number of carboxylic acid groups (broad SMARTS) is 1. The van der Waals surface area contributed by atoms with Crippen molar-refractivity contribution in [3.05, 3.63) is 103 Å². The molecule has 4 N–H and O–H groups in total. The topological polar surface area (TPSA) is 405 Å². The molecule has 1 aromatic heterocycles. The molecule has 0 radical (unpaired) electrons. The van der Waals surface area contributed by atoms with Crippen LogP contribution < -0.4 is 93.4 Å². The third kappa shape index (κ3) is 12.6. The fourth-order valence-corrected chi connectivity index (χ4v) is 8.55. The number of phenolic OH excluding ortho intramolecular Hbond substituents is 1. The zero-order valence-electron chi connectivity index (χ0n) is 35.5. The van der Waals surface area contributed by atoms with Crippen molar-refractivity contribution in [3.8, 4) is 23.1 Å². The predicted molar refractivity (Wildman–Crippen MR) is 221 cm³/mol. The number of benzene rings is 6.